The van der Waals surface area contributed by atoms with Crippen molar-refractivity contribution in [3.8, 4) is 21.7 Å². The van der Waals surface area contributed by atoms with Crippen LogP contribution >= 0.6 is 11.3 Å². The predicted molar refractivity (Wildman–Crippen MR) is 107 cm³/mol. The third-order valence-electron chi connectivity index (χ3n) is 4.08. The van der Waals surface area contributed by atoms with Crippen molar-refractivity contribution in [3.63, 3.8) is 0 Å². The molecule has 0 saturated heterocycles. The van der Waals surface area contributed by atoms with Gasteiger partial charge in [0.25, 0.3) is 0 Å². The number of nitrogens with two attached hydrogens (primary N) is 1. The molecule has 5 heteroatoms. The number of nitrogens with zero attached hydrogens (tertiary/aromatic N) is 3. The highest BCUT2D eigenvalue weighted by molar-refractivity contribution is 7.21. The van der Waals surface area contributed by atoms with Gasteiger partial charge in [-0.1, -0.05) is 24.3 Å². The van der Waals surface area contributed by atoms with Crippen LogP contribution in [0.2, 0.25) is 0 Å². The zero-order chi connectivity index (χ0) is 17.4. The SMILES string of the molecule is CN(C)c1ccc(-c2ccc(-c3nc4ccc(N)cc4s3)cc2)cn1. The van der Waals surface area contributed by atoms with E-state index in [-0.39, 0.29) is 0 Å². The lowest BCUT2D eigenvalue weighted by atomic mass is 10.1. The molecule has 4 nitrogen and oxygen atoms in total. The van der Waals surface area contributed by atoms with E-state index < -0.39 is 0 Å². The number of benzene rings is 2. The fourth-order valence-electron chi connectivity index (χ4n) is 2.69. The maximum Gasteiger partial charge on any atom is 0.127 e. The number of hydrogen-bond donors (Lipinski definition) is 1. The molecule has 0 aliphatic rings. The van der Waals surface area contributed by atoms with E-state index >= 15 is 0 Å². The molecule has 0 aliphatic heterocycles. The summed E-state index contributed by atoms with van der Waals surface area (Å²) < 4.78 is 1.11. The molecule has 0 unspecified atom stereocenters. The molecule has 2 aromatic heterocycles. The highest BCUT2D eigenvalue weighted by Crippen LogP contribution is 2.32. The second-order valence-corrected chi connectivity index (χ2v) is 7.15. The Labute approximate surface area is 150 Å². The first-order valence-corrected chi connectivity index (χ1v) is 8.82. The predicted octanol–water partition coefficient (Wildman–Crippen LogP) is 4.67. The number of pyridine rings is 1. The van der Waals surface area contributed by atoms with Crippen molar-refractivity contribution >= 4 is 33.1 Å². The van der Waals surface area contributed by atoms with Gasteiger partial charge in [0.1, 0.15) is 10.8 Å². The Morgan fingerprint density at radius 3 is 2.28 bits per heavy atom. The molecule has 0 radical (unpaired) electrons. The average molecular weight is 346 g/mol. The molecular weight excluding hydrogens is 328 g/mol. The number of anilines is 2. The minimum Gasteiger partial charge on any atom is -0.399 e. The van der Waals surface area contributed by atoms with Crippen molar-refractivity contribution in [1.29, 1.82) is 0 Å². The van der Waals surface area contributed by atoms with Crippen LogP contribution in [0.5, 0.6) is 0 Å². The number of fused-ring (bicyclic) bond motifs is 1. The van der Waals surface area contributed by atoms with Gasteiger partial charge in [-0.3, -0.25) is 0 Å². The van der Waals surface area contributed by atoms with Crippen molar-refractivity contribution in [1.82, 2.24) is 9.97 Å². The molecule has 4 rings (SSSR count). The molecule has 0 aliphatic carbocycles. The van der Waals surface area contributed by atoms with Crippen LogP contribution in [0.3, 0.4) is 0 Å². The van der Waals surface area contributed by atoms with Gasteiger partial charge in [-0.25, -0.2) is 9.97 Å². The molecule has 2 aromatic carbocycles. The Bertz CT molecular complexity index is 1020. The van der Waals surface area contributed by atoms with Crippen molar-refractivity contribution in [2.24, 2.45) is 0 Å². The summed E-state index contributed by atoms with van der Waals surface area (Å²) >= 11 is 1.66. The van der Waals surface area contributed by atoms with Crippen molar-refractivity contribution in [2.45, 2.75) is 0 Å². The quantitative estimate of drug-likeness (QED) is 0.548. The van der Waals surface area contributed by atoms with Gasteiger partial charge < -0.3 is 10.6 Å². The lowest BCUT2D eigenvalue weighted by Gasteiger charge is -2.11. The summed E-state index contributed by atoms with van der Waals surface area (Å²) in [4.78, 5) is 11.2. The first-order chi connectivity index (χ1) is 12.1. The Balaban J connectivity index is 1.64. The van der Waals surface area contributed by atoms with Gasteiger partial charge >= 0.3 is 0 Å². The van der Waals surface area contributed by atoms with Crippen LogP contribution in [0.1, 0.15) is 0 Å². The molecule has 0 fully saturated rings. The minimum atomic E-state index is 0.770. The van der Waals surface area contributed by atoms with Crippen LogP contribution in [-0.2, 0) is 0 Å². The van der Waals surface area contributed by atoms with E-state index in [4.69, 9.17) is 10.7 Å². The van der Waals surface area contributed by atoms with E-state index in [0.717, 1.165) is 43.4 Å². The lowest BCUT2D eigenvalue weighted by molar-refractivity contribution is 1.07. The van der Waals surface area contributed by atoms with E-state index in [1.54, 1.807) is 11.3 Å². The number of rotatable bonds is 3. The fraction of sp³-hybridized carbons (Fsp3) is 0.100. The second-order valence-electron chi connectivity index (χ2n) is 6.12. The number of hydrogen-bond acceptors (Lipinski definition) is 5. The van der Waals surface area contributed by atoms with Gasteiger partial charge in [-0.15, -0.1) is 11.3 Å². The number of aromatic nitrogens is 2. The van der Waals surface area contributed by atoms with E-state index in [0.29, 0.717) is 0 Å². The summed E-state index contributed by atoms with van der Waals surface area (Å²) in [5.41, 5.74) is 11.0. The molecule has 0 saturated carbocycles. The normalized spacial score (nSPS) is 11.0. The average Bonchev–Trinajstić information content (AvgIpc) is 3.05. The van der Waals surface area contributed by atoms with Crippen molar-refractivity contribution in [3.05, 3.63) is 60.8 Å². The molecule has 2 heterocycles. The third kappa shape index (κ3) is 3.06. The Kier molecular flexibility index (Phi) is 3.86. The Morgan fingerprint density at radius 2 is 1.60 bits per heavy atom. The maximum atomic E-state index is 5.86. The molecule has 0 bridgehead atoms. The highest BCUT2D eigenvalue weighted by Gasteiger charge is 2.07. The summed E-state index contributed by atoms with van der Waals surface area (Å²) in [6.45, 7) is 0. The van der Waals surface area contributed by atoms with Gasteiger partial charge in [0.2, 0.25) is 0 Å². The van der Waals surface area contributed by atoms with E-state index in [1.165, 1.54) is 0 Å². The van der Waals surface area contributed by atoms with Crippen LogP contribution in [-0.4, -0.2) is 24.1 Å². The topological polar surface area (TPSA) is 55.0 Å². The summed E-state index contributed by atoms with van der Waals surface area (Å²) in [7, 11) is 3.98. The van der Waals surface area contributed by atoms with Crippen molar-refractivity contribution in [2.75, 3.05) is 24.7 Å². The maximum absolute atomic E-state index is 5.86. The molecular formula is C20H18N4S. The van der Waals surface area contributed by atoms with Crippen LogP contribution in [0, 0.1) is 0 Å². The fourth-order valence-corrected chi connectivity index (χ4v) is 3.71. The van der Waals surface area contributed by atoms with E-state index in [9.17, 15) is 0 Å². The first kappa shape index (κ1) is 15.6. The molecule has 0 atom stereocenters. The van der Waals surface area contributed by atoms with Gasteiger partial charge in [0.15, 0.2) is 0 Å². The summed E-state index contributed by atoms with van der Waals surface area (Å²) in [5.74, 6) is 0.953. The van der Waals surface area contributed by atoms with Gasteiger partial charge in [0.05, 0.1) is 10.2 Å². The van der Waals surface area contributed by atoms with Crippen LogP contribution < -0.4 is 10.6 Å². The van der Waals surface area contributed by atoms with Crippen LogP contribution in [0.25, 0.3) is 31.9 Å². The monoisotopic (exact) mass is 346 g/mol. The zero-order valence-corrected chi connectivity index (χ0v) is 14.9. The standard InChI is InChI=1S/C20H18N4S/c1-24(2)19-10-7-15(12-22-19)13-3-5-14(6-4-13)20-23-17-9-8-16(21)11-18(17)25-20/h3-12H,21H2,1-2H3. The Hall–Kier alpha value is -2.92. The lowest BCUT2D eigenvalue weighted by Crippen LogP contribution is -2.09. The molecule has 0 spiro atoms. The van der Waals surface area contributed by atoms with Crippen LogP contribution in [0.15, 0.2) is 60.8 Å². The first-order valence-electron chi connectivity index (χ1n) is 8.00. The molecule has 124 valence electrons. The van der Waals surface area contributed by atoms with Gasteiger partial charge in [-0.05, 0) is 35.9 Å². The zero-order valence-electron chi connectivity index (χ0n) is 14.1. The smallest absolute Gasteiger partial charge is 0.127 e. The third-order valence-corrected chi connectivity index (χ3v) is 5.15. The summed E-state index contributed by atoms with van der Waals surface area (Å²) in [6, 6.07) is 18.4. The number of thiazole rings is 1. The summed E-state index contributed by atoms with van der Waals surface area (Å²) in [6.07, 6.45) is 1.91. The molecule has 4 aromatic rings. The van der Waals surface area contributed by atoms with Gasteiger partial charge in [0, 0.05) is 37.1 Å². The second kappa shape index (κ2) is 6.18. The Morgan fingerprint density at radius 1 is 0.880 bits per heavy atom. The molecule has 2 N–H and O–H groups in total. The largest absolute Gasteiger partial charge is 0.399 e. The molecule has 0 amide bonds. The highest BCUT2D eigenvalue weighted by atomic mass is 32.1. The van der Waals surface area contributed by atoms with Gasteiger partial charge in [-0.2, -0.15) is 0 Å². The molecule has 25 heavy (non-hydrogen) atoms. The summed E-state index contributed by atoms with van der Waals surface area (Å²) in [5, 5.41) is 1.01. The van der Waals surface area contributed by atoms with E-state index in [1.807, 2.05) is 49.5 Å². The number of nitrogen functional groups attached to an aromatic ring is 1. The minimum absolute atomic E-state index is 0.770. The van der Waals surface area contributed by atoms with E-state index in [2.05, 4.69) is 35.3 Å². The van der Waals surface area contributed by atoms with Crippen LogP contribution in [0.4, 0.5) is 11.5 Å². The van der Waals surface area contributed by atoms with Crippen molar-refractivity contribution < 1.29 is 0 Å².